The summed E-state index contributed by atoms with van der Waals surface area (Å²) >= 11 is 0. The van der Waals surface area contributed by atoms with E-state index in [1.54, 1.807) is 62.4 Å². The van der Waals surface area contributed by atoms with E-state index in [2.05, 4.69) is 0 Å². The lowest BCUT2D eigenvalue weighted by Gasteiger charge is -2.08. The number of ether oxygens (including phenoxy) is 1. The van der Waals surface area contributed by atoms with Gasteiger partial charge in [0.05, 0.1) is 5.92 Å². The van der Waals surface area contributed by atoms with Crippen LogP contribution in [0.25, 0.3) is 0 Å². The van der Waals surface area contributed by atoms with Gasteiger partial charge in [-0.15, -0.1) is 0 Å². The summed E-state index contributed by atoms with van der Waals surface area (Å²) in [7, 11) is 0. The van der Waals surface area contributed by atoms with Gasteiger partial charge in [-0.2, -0.15) is 8.78 Å². The lowest BCUT2D eigenvalue weighted by molar-refractivity contribution is -0.147. The van der Waals surface area contributed by atoms with Crippen molar-refractivity contribution in [1.82, 2.24) is 0 Å². The van der Waals surface area contributed by atoms with Crippen LogP contribution in [0.2, 0.25) is 0 Å². The Bertz CT molecular complexity index is 883. The third-order valence-electron chi connectivity index (χ3n) is 5.08. The molecule has 0 bridgehead atoms. The second kappa shape index (κ2) is 7.43. The Balaban J connectivity index is 1.65. The summed E-state index contributed by atoms with van der Waals surface area (Å²) < 4.78 is 30.3. The third kappa shape index (κ3) is 4.13. The van der Waals surface area contributed by atoms with Crippen LogP contribution < -0.4 is 0 Å². The van der Waals surface area contributed by atoms with Crippen molar-refractivity contribution in [1.29, 1.82) is 0 Å². The molecule has 1 saturated carbocycles. The Morgan fingerprint density at radius 2 is 1.70 bits per heavy atom. The van der Waals surface area contributed by atoms with Gasteiger partial charge in [0.1, 0.15) is 6.61 Å². The molecule has 0 saturated heterocycles. The predicted octanol–water partition coefficient (Wildman–Crippen LogP) is 5.01. The zero-order valence-electron chi connectivity index (χ0n) is 15.1. The fourth-order valence-corrected chi connectivity index (χ4v) is 3.38. The van der Waals surface area contributed by atoms with Gasteiger partial charge < -0.3 is 4.74 Å². The maximum atomic E-state index is 12.5. The smallest absolute Gasteiger partial charge is 0.310 e. The average molecular weight is 370 g/mol. The van der Waals surface area contributed by atoms with Crippen LogP contribution in [0.5, 0.6) is 0 Å². The Morgan fingerprint density at radius 3 is 2.37 bits per heavy atom. The molecule has 0 heterocycles. The van der Waals surface area contributed by atoms with Gasteiger partial charge in [0.2, 0.25) is 0 Å². The number of carbonyl (C=O) groups is 2. The van der Waals surface area contributed by atoms with Crippen LogP contribution >= 0.6 is 0 Å². The highest BCUT2D eigenvalue weighted by Crippen LogP contribution is 2.60. The van der Waals surface area contributed by atoms with E-state index in [9.17, 15) is 18.4 Å². The zero-order chi connectivity index (χ0) is 19.6. The van der Waals surface area contributed by atoms with E-state index in [4.69, 9.17) is 4.74 Å². The maximum absolute atomic E-state index is 12.5. The van der Waals surface area contributed by atoms with Gasteiger partial charge in [-0.25, -0.2) is 0 Å². The molecule has 1 aliphatic rings. The summed E-state index contributed by atoms with van der Waals surface area (Å²) in [5, 5.41) is 0. The van der Waals surface area contributed by atoms with Crippen molar-refractivity contribution in [3.8, 4) is 0 Å². The standard InChI is InChI=1S/C22H20F2O3/c1-22(2)17(12-18(23)24)19(22)21(26)27-13-14-7-6-10-16(11-14)20(25)15-8-4-3-5-9-15/h3-12,17,19H,13H2,1-2H3/t17-,19+/m1/s1. The van der Waals surface area contributed by atoms with E-state index in [0.29, 0.717) is 16.7 Å². The van der Waals surface area contributed by atoms with Crippen molar-refractivity contribution in [2.75, 3.05) is 0 Å². The van der Waals surface area contributed by atoms with E-state index >= 15 is 0 Å². The second-order valence-electron chi connectivity index (χ2n) is 7.28. The Morgan fingerprint density at radius 1 is 1.04 bits per heavy atom. The number of rotatable bonds is 6. The molecule has 1 aliphatic carbocycles. The van der Waals surface area contributed by atoms with Gasteiger partial charge in [0.25, 0.3) is 6.08 Å². The number of carbonyl (C=O) groups excluding carboxylic acids is 2. The van der Waals surface area contributed by atoms with Gasteiger partial charge in [0, 0.05) is 17.0 Å². The second-order valence-corrected chi connectivity index (χ2v) is 7.28. The molecule has 0 spiro atoms. The monoisotopic (exact) mass is 370 g/mol. The van der Waals surface area contributed by atoms with Gasteiger partial charge >= 0.3 is 5.97 Å². The Hall–Kier alpha value is -2.82. The molecule has 2 atom stereocenters. The lowest BCUT2D eigenvalue weighted by Crippen LogP contribution is -2.11. The minimum Gasteiger partial charge on any atom is -0.461 e. The summed E-state index contributed by atoms with van der Waals surface area (Å²) in [6.45, 7) is 3.53. The van der Waals surface area contributed by atoms with Crippen LogP contribution in [0, 0.1) is 17.3 Å². The molecule has 0 unspecified atom stereocenters. The highest BCUT2D eigenvalue weighted by atomic mass is 19.3. The summed E-state index contributed by atoms with van der Waals surface area (Å²) in [5.41, 5.74) is 1.22. The van der Waals surface area contributed by atoms with Gasteiger partial charge in [-0.3, -0.25) is 9.59 Å². The Kier molecular flexibility index (Phi) is 5.22. The number of ketones is 1. The molecule has 27 heavy (non-hydrogen) atoms. The fraction of sp³-hybridized carbons (Fsp3) is 0.273. The minimum atomic E-state index is -1.78. The molecule has 0 N–H and O–H groups in total. The molecule has 3 nitrogen and oxygen atoms in total. The number of hydrogen-bond donors (Lipinski definition) is 0. The van der Waals surface area contributed by atoms with Crippen molar-refractivity contribution >= 4 is 11.8 Å². The quantitative estimate of drug-likeness (QED) is 0.530. The lowest BCUT2D eigenvalue weighted by atomic mass is 10.0. The Labute approximate surface area is 156 Å². The van der Waals surface area contributed by atoms with Gasteiger partial charge in [-0.05, 0) is 23.1 Å². The van der Waals surface area contributed by atoms with Crippen molar-refractivity contribution in [2.24, 2.45) is 17.3 Å². The van der Waals surface area contributed by atoms with Crippen molar-refractivity contribution in [2.45, 2.75) is 20.5 Å². The number of hydrogen-bond acceptors (Lipinski definition) is 3. The minimum absolute atomic E-state index is 0.00410. The predicted molar refractivity (Wildman–Crippen MR) is 97.2 cm³/mol. The normalized spacial score (nSPS) is 19.9. The van der Waals surface area contributed by atoms with Crippen LogP contribution in [0.3, 0.4) is 0 Å². The number of benzene rings is 2. The van der Waals surface area contributed by atoms with E-state index < -0.39 is 29.3 Å². The van der Waals surface area contributed by atoms with Gasteiger partial charge in [-0.1, -0.05) is 62.4 Å². The summed E-state index contributed by atoms with van der Waals surface area (Å²) in [6.07, 6.45) is -0.957. The first-order valence-electron chi connectivity index (χ1n) is 8.69. The highest BCUT2D eigenvalue weighted by Gasteiger charge is 2.61. The molecule has 0 aromatic heterocycles. The highest BCUT2D eigenvalue weighted by molar-refractivity contribution is 6.09. The van der Waals surface area contributed by atoms with E-state index in [1.165, 1.54) is 0 Å². The van der Waals surface area contributed by atoms with Crippen molar-refractivity contribution < 1.29 is 23.1 Å². The van der Waals surface area contributed by atoms with Crippen LogP contribution in [-0.4, -0.2) is 11.8 Å². The van der Waals surface area contributed by atoms with E-state index in [-0.39, 0.29) is 12.4 Å². The molecule has 0 amide bonds. The van der Waals surface area contributed by atoms with E-state index in [0.717, 1.165) is 6.08 Å². The molecule has 0 radical (unpaired) electrons. The molecule has 140 valence electrons. The van der Waals surface area contributed by atoms with Crippen LogP contribution in [0.15, 0.2) is 66.8 Å². The maximum Gasteiger partial charge on any atom is 0.310 e. The van der Waals surface area contributed by atoms with Crippen LogP contribution in [0.4, 0.5) is 8.78 Å². The summed E-state index contributed by atoms with van der Waals surface area (Å²) in [5.74, 6) is -1.70. The number of esters is 1. The van der Waals surface area contributed by atoms with Crippen LogP contribution in [0.1, 0.15) is 35.3 Å². The third-order valence-corrected chi connectivity index (χ3v) is 5.08. The average Bonchev–Trinajstić information content (AvgIpc) is 3.19. The molecule has 1 fully saturated rings. The molecule has 2 aromatic rings. The first-order chi connectivity index (χ1) is 12.8. The first-order valence-corrected chi connectivity index (χ1v) is 8.69. The van der Waals surface area contributed by atoms with Crippen molar-refractivity contribution in [3.63, 3.8) is 0 Å². The number of halogens is 2. The van der Waals surface area contributed by atoms with Crippen LogP contribution in [-0.2, 0) is 16.1 Å². The first kappa shape index (κ1) is 19.0. The molecular formula is C22H20F2O3. The molecule has 3 rings (SSSR count). The fourth-order valence-electron chi connectivity index (χ4n) is 3.38. The van der Waals surface area contributed by atoms with Gasteiger partial charge in [0.15, 0.2) is 5.78 Å². The topological polar surface area (TPSA) is 43.4 Å². The van der Waals surface area contributed by atoms with E-state index in [1.807, 2.05) is 6.07 Å². The molecule has 2 aromatic carbocycles. The largest absolute Gasteiger partial charge is 0.461 e. The molecular weight excluding hydrogens is 350 g/mol. The number of allylic oxidation sites excluding steroid dienone is 1. The summed E-state index contributed by atoms with van der Waals surface area (Å²) in [6, 6.07) is 15.8. The SMILES string of the molecule is CC1(C)[C@H](C=C(F)F)[C@H]1C(=O)OCc1cccc(C(=O)c2ccccc2)c1. The summed E-state index contributed by atoms with van der Waals surface area (Å²) in [4.78, 5) is 24.8. The van der Waals surface area contributed by atoms with Crippen molar-refractivity contribution in [3.05, 3.63) is 83.4 Å². The molecule has 0 aliphatic heterocycles. The zero-order valence-corrected chi connectivity index (χ0v) is 15.1. The molecule has 5 heteroatoms.